The number of hydrogen-bond donors (Lipinski definition) is 1. The average molecular weight is 598 g/mol. The van der Waals surface area contributed by atoms with E-state index in [4.69, 9.17) is 23.7 Å². The molecule has 2 aromatic carbocycles. The van der Waals surface area contributed by atoms with Crippen molar-refractivity contribution < 1.29 is 38.0 Å². The van der Waals surface area contributed by atoms with E-state index in [2.05, 4.69) is 5.32 Å². The number of nitrogens with zero attached hydrogens (tertiary/aromatic N) is 1. The topological polar surface area (TPSA) is 129 Å². The molecule has 1 aliphatic carbocycles. The van der Waals surface area contributed by atoms with Crippen LogP contribution in [0.2, 0.25) is 0 Å². The van der Waals surface area contributed by atoms with Crippen molar-refractivity contribution in [3.8, 4) is 34.1 Å². The van der Waals surface area contributed by atoms with Crippen LogP contribution >= 0.6 is 0 Å². The highest BCUT2D eigenvalue weighted by Gasteiger charge is 2.63. The number of hydrogen-bond acceptors (Lipinski definition) is 9. The van der Waals surface area contributed by atoms with Crippen molar-refractivity contribution >= 4 is 11.9 Å². The van der Waals surface area contributed by atoms with E-state index in [1.165, 1.54) is 41.4 Å². The first-order valence-electron chi connectivity index (χ1n) is 14.2. The van der Waals surface area contributed by atoms with Gasteiger partial charge in [-0.25, -0.2) is 0 Å². The van der Waals surface area contributed by atoms with E-state index in [9.17, 15) is 19.3 Å². The highest BCUT2D eigenvalue weighted by molar-refractivity contribution is 5.84. The van der Waals surface area contributed by atoms with Crippen molar-refractivity contribution in [2.75, 3.05) is 28.4 Å². The summed E-state index contributed by atoms with van der Waals surface area (Å²) in [7, 11) is 5.93. The molecule has 1 saturated heterocycles. The number of rotatable bonds is 8. The first kappa shape index (κ1) is 31.8. The van der Waals surface area contributed by atoms with Crippen LogP contribution in [0.25, 0.3) is 11.1 Å². The Morgan fingerprint density at radius 1 is 0.953 bits per heavy atom. The van der Waals surface area contributed by atoms with Gasteiger partial charge in [-0.3, -0.25) is 14.4 Å². The third-order valence-corrected chi connectivity index (χ3v) is 8.56. The quantitative estimate of drug-likeness (QED) is 0.350. The fourth-order valence-corrected chi connectivity index (χ4v) is 6.53. The monoisotopic (exact) mass is 597 g/mol. The molecule has 0 spiro atoms. The second-order valence-electron chi connectivity index (χ2n) is 12.2. The molecule has 2 unspecified atom stereocenters. The number of fused-ring (bicyclic) bond motifs is 3. The number of carbonyl (C=O) groups excluding carboxylic acids is 2. The zero-order valence-corrected chi connectivity index (χ0v) is 26.3. The fourth-order valence-electron chi connectivity index (χ4n) is 6.53. The summed E-state index contributed by atoms with van der Waals surface area (Å²) in [6, 6.07) is 4.53. The van der Waals surface area contributed by atoms with Gasteiger partial charge in [0.25, 0.3) is 0 Å². The van der Waals surface area contributed by atoms with Crippen molar-refractivity contribution in [3.05, 3.63) is 50.0 Å². The number of ether oxygens (including phenoxy) is 5. The molecule has 0 saturated carbocycles. The largest absolute Gasteiger partial charge is 0.493 e. The Bertz CT molecular complexity index is 1530. The lowest BCUT2D eigenvalue weighted by Crippen LogP contribution is -2.42. The van der Waals surface area contributed by atoms with E-state index in [1.807, 2.05) is 6.07 Å². The van der Waals surface area contributed by atoms with Gasteiger partial charge in [0.1, 0.15) is 12.5 Å². The summed E-state index contributed by atoms with van der Waals surface area (Å²) in [5, 5.41) is 2.97. The van der Waals surface area contributed by atoms with Crippen molar-refractivity contribution in [1.29, 1.82) is 0 Å². The van der Waals surface area contributed by atoms with E-state index < -0.39 is 34.4 Å². The molecule has 11 heteroatoms. The molecule has 232 valence electrons. The summed E-state index contributed by atoms with van der Waals surface area (Å²) in [5.41, 5.74) is 0.833. The number of nitroso groups, excluding NO2 is 1. The molecule has 1 amide bonds. The van der Waals surface area contributed by atoms with E-state index in [1.54, 1.807) is 33.8 Å². The lowest BCUT2D eigenvalue weighted by atomic mass is 9.87. The van der Waals surface area contributed by atoms with E-state index in [-0.39, 0.29) is 18.3 Å². The van der Waals surface area contributed by atoms with Crippen molar-refractivity contribution in [3.63, 3.8) is 0 Å². The summed E-state index contributed by atoms with van der Waals surface area (Å²) in [4.78, 5) is 52.1. The van der Waals surface area contributed by atoms with Crippen LogP contribution in [0.4, 0.5) is 0 Å². The Hall–Kier alpha value is -4.15. The maximum Gasteiger partial charge on any atom is 0.316 e. The van der Waals surface area contributed by atoms with E-state index in [0.29, 0.717) is 58.8 Å². The third kappa shape index (κ3) is 5.64. The Balaban J connectivity index is 1.92. The summed E-state index contributed by atoms with van der Waals surface area (Å²) >= 11 is 0. The second-order valence-corrected chi connectivity index (χ2v) is 12.2. The molecule has 0 aromatic heterocycles. The molecule has 1 fully saturated rings. The van der Waals surface area contributed by atoms with E-state index >= 15 is 0 Å². The normalized spacial score (nSPS) is 19.8. The second kappa shape index (κ2) is 11.9. The molecule has 1 aliphatic heterocycles. The maximum atomic E-state index is 13.6. The first-order chi connectivity index (χ1) is 20.2. The number of benzene rings is 1. The van der Waals surface area contributed by atoms with Crippen LogP contribution in [0.1, 0.15) is 70.2 Å². The van der Waals surface area contributed by atoms with Crippen LogP contribution in [0.3, 0.4) is 0 Å². The minimum absolute atomic E-state index is 0.0000876. The van der Waals surface area contributed by atoms with Gasteiger partial charge in [0.05, 0.1) is 34.5 Å². The van der Waals surface area contributed by atoms with Crippen LogP contribution in [-0.2, 0) is 27.4 Å². The Kier molecular flexibility index (Phi) is 8.76. The molecule has 43 heavy (non-hydrogen) atoms. The Morgan fingerprint density at radius 3 is 2.14 bits per heavy atom. The Labute approximate surface area is 251 Å². The molecule has 11 nitrogen and oxygen atoms in total. The summed E-state index contributed by atoms with van der Waals surface area (Å²) in [6.07, 6.45) is 1.35. The van der Waals surface area contributed by atoms with Gasteiger partial charge >= 0.3 is 5.97 Å². The van der Waals surface area contributed by atoms with Crippen LogP contribution in [0.5, 0.6) is 23.0 Å². The minimum atomic E-state index is -0.972. The van der Waals surface area contributed by atoms with Crippen LogP contribution in [0.15, 0.2) is 23.0 Å². The molecule has 0 radical (unpaired) electrons. The summed E-state index contributed by atoms with van der Waals surface area (Å²) in [6.45, 7) is 8.20. The van der Waals surface area contributed by atoms with Gasteiger partial charge in [0.2, 0.25) is 28.2 Å². The summed E-state index contributed by atoms with van der Waals surface area (Å²) in [5.74, 6) is -0.220. The predicted molar refractivity (Wildman–Crippen MR) is 159 cm³/mol. The number of amides is 1. The first-order valence-corrected chi connectivity index (χ1v) is 14.2. The van der Waals surface area contributed by atoms with Gasteiger partial charge in [0.15, 0.2) is 17.2 Å². The molecule has 1 N–H and O–H groups in total. The molecular formula is C32H41N2O9+. The third-order valence-electron chi connectivity index (χ3n) is 8.56. The SMILES string of the molecule is COc1cc2c(c(OC)c1OC)-c1cc(COC(=O)C3CC(C)(C)[N+](=O)C3(C)C)c(OC)c(=O)cc1C(NC(C)=O)CC2. The highest BCUT2D eigenvalue weighted by atomic mass is 16.5. The highest BCUT2D eigenvalue weighted by Crippen LogP contribution is 2.50. The number of methoxy groups -OCH3 is 4. The van der Waals surface area contributed by atoms with E-state index in [0.717, 1.165) is 10.3 Å². The van der Waals surface area contributed by atoms with Crippen LogP contribution in [-0.4, -0.2) is 56.2 Å². The number of carbonyl (C=O) groups is 2. The number of nitrogens with one attached hydrogen (secondary N) is 1. The minimum Gasteiger partial charge on any atom is -0.493 e. The average Bonchev–Trinajstić information content (AvgIpc) is 3.07. The number of esters is 1. The molecule has 2 aliphatic rings. The smallest absolute Gasteiger partial charge is 0.316 e. The predicted octanol–water partition coefficient (Wildman–Crippen LogP) is 4.27. The standard InChI is InChI=1S/C32H40N2O9/c1-17(35)33-23-11-10-18-13-25(39-6)28(41-8)29(42-9)26(18)21-12-19(27(40-7)24(36)14-20(21)23)16-43-30(37)22-15-31(2,3)34(38)32(22,4)5/h12-14,22-23H,10-11,15-16H2,1-9H3/p+1. The lowest BCUT2D eigenvalue weighted by molar-refractivity contribution is -0.660. The van der Waals surface area contributed by atoms with Gasteiger partial charge in [-0.1, -0.05) is 0 Å². The van der Waals surface area contributed by atoms with Gasteiger partial charge in [-0.15, -0.1) is 0 Å². The van der Waals surface area contributed by atoms with Gasteiger partial charge < -0.3 is 29.0 Å². The van der Waals surface area contributed by atoms with Gasteiger partial charge in [-0.2, -0.15) is 0 Å². The molecule has 2 atom stereocenters. The summed E-state index contributed by atoms with van der Waals surface area (Å²) < 4.78 is 29.4. The van der Waals surface area contributed by atoms with Crippen LogP contribution in [0, 0.1) is 10.8 Å². The van der Waals surface area contributed by atoms with Crippen molar-refractivity contribution in [2.45, 2.75) is 77.6 Å². The van der Waals surface area contributed by atoms with Crippen LogP contribution < -0.4 is 29.7 Å². The van der Waals surface area contributed by atoms with Crippen molar-refractivity contribution in [2.24, 2.45) is 5.92 Å². The lowest BCUT2D eigenvalue weighted by Gasteiger charge is -2.20. The van der Waals surface area contributed by atoms with Gasteiger partial charge in [-0.05, 0) is 47.7 Å². The molecule has 4 rings (SSSR count). The zero-order chi connectivity index (χ0) is 31.9. The maximum absolute atomic E-state index is 13.6. The molecular weight excluding hydrogens is 556 g/mol. The number of aryl methyl sites for hydroxylation is 1. The Morgan fingerprint density at radius 2 is 1.60 bits per heavy atom. The molecule has 2 aromatic rings. The molecule has 1 heterocycles. The van der Waals surface area contributed by atoms with Crippen molar-refractivity contribution in [1.82, 2.24) is 5.32 Å². The van der Waals surface area contributed by atoms with Gasteiger partial charge in [0, 0.05) is 61.8 Å². The zero-order valence-electron chi connectivity index (χ0n) is 26.3. The molecule has 0 bridgehead atoms. The fraction of sp³-hybridized carbons (Fsp3) is 0.531.